The minimum absolute atomic E-state index is 0.674. The second kappa shape index (κ2) is 3.28. The van der Waals surface area contributed by atoms with Crippen LogP contribution in [0.2, 0.25) is 0 Å². The molecule has 2 rings (SSSR count). The molecule has 0 aromatic heterocycles. The van der Waals surface area contributed by atoms with Gasteiger partial charge in [0.25, 0.3) is 0 Å². The first-order valence-electron chi connectivity index (χ1n) is 5.42. The highest BCUT2D eigenvalue weighted by atomic mass is 16.1. The number of aldehydes is 1. The van der Waals surface area contributed by atoms with Crippen molar-refractivity contribution < 1.29 is 4.79 Å². The van der Waals surface area contributed by atoms with E-state index in [-0.39, 0.29) is 0 Å². The van der Waals surface area contributed by atoms with Crippen LogP contribution >= 0.6 is 0 Å². The fourth-order valence-electron chi connectivity index (χ4n) is 3.11. The first-order valence-corrected chi connectivity index (χ1v) is 5.42. The van der Waals surface area contributed by atoms with Gasteiger partial charge in [0.05, 0.1) is 0 Å². The topological polar surface area (TPSA) is 17.1 Å². The molecule has 0 heterocycles. The number of fused-ring (bicyclic) bond motifs is 1. The van der Waals surface area contributed by atoms with Gasteiger partial charge in [0, 0.05) is 0 Å². The molecule has 0 bridgehead atoms. The van der Waals surface area contributed by atoms with E-state index in [0.29, 0.717) is 5.92 Å². The lowest BCUT2D eigenvalue weighted by Crippen LogP contribution is -2.19. The Hall–Kier alpha value is -0.590. The van der Waals surface area contributed by atoms with Gasteiger partial charge in [-0.05, 0) is 49.0 Å². The van der Waals surface area contributed by atoms with Crippen molar-refractivity contribution >= 4 is 6.29 Å². The molecular weight excluding hydrogens is 160 g/mol. The molecule has 0 unspecified atom stereocenters. The smallest absolute Gasteiger partial charge is 0.145 e. The standard InChI is InChI=1S/C12H18O/c1-8-3-5-10(7-13)12-9(2)4-6-11(8)12/h7-9,11H,3-6H2,1-2H3/t8-,9-,11+/m0/s1. The van der Waals surface area contributed by atoms with Crippen LogP contribution in [-0.2, 0) is 4.79 Å². The summed E-state index contributed by atoms with van der Waals surface area (Å²) in [5.41, 5.74) is 2.64. The molecule has 3 atom stereocenters. The average Bonchev–Trinajstić information content (AvgIpc) is 2.51. The van der Waals surface area contributed by atoms with Crippen molar-refractivity contribution in [2.75, 3.05) is 0 Å². The molecule has 0 amide bonds. The third-order valence-electron chi connectivity index (χ3n) is 3.91. The summed E-state index contributed by atoms with van der Waals surface area (Å²) in [5, 5.41) is 0. The maximum absolute atomic E-state index is 10.9. The lowest BCUT2D eigenvalue weighted by molar-refractivity contribution is -0.105. The molecule has 0 aliphatic heterocycles. The quantitative estimate of drug-likeness (QED) is 0.564. The van der Waals surface area contributed by atoms with E-state index in [1.807, 2.05) is 0 Å². The second-order valence-electron chi connectivity index (χ2n) is 4.70. The summed E-state index contributed by atoms with van der Waals surface area (Å²) in [5.74, 6) is 2.22. The van der Waals surface area contributed by atoms with Crippen LogP contribution in [0.4, 0.5) is 0 Å². The van der Waals surface area contributed by atoms with Gasteiger partial charge in [-0.25, -0.2) is 0 Å². The molecule has 0 aromatic carbocycles. The summed E-state index contributed by atoms with van der Waals surface area (Å²) in [6, 6.07) is 0. The van der Waals surface area contributed by atoms with Crippen molar-refractivity contribution in [2.24, 2.45) is 17.8 Å². The fourth-order valence-corrected chi connectivity index (χ4v) is 3.11. The summed E-state index contributed by atoms with van der Waals surface area (Å²) in [4.78, 5) is 10.9. The van der Waals surface area contributed by atoms with Gasteiger partial charge in [0.15, 0.2) is 0 Å². The van der Waals surface area contributed by atoms with Crippen LogP contribution in [0.5, 0.6) is 0 Å². The van der Waals surface area contributed by atoms with Crippen LogP contribution < -0.4 is 0 Å². The Morgan fingerprint density at radius 1 is 1.23 bits per heavy atom. The Balaban J connectivity index is 2.37. The zero-order valence-corrected chi connectivity index (χ0v) is 8.55. The normalized spacial score (nSPS) is 39.1. The molecule has 1 nitrogen and oxygen atoms in total. The highest BCUT2D eigenvalue weighted by Crippen LogP contribution is 2.47. The number of allylic oxidation sites excluding steroid dienone is 2. The Morgan fingerprint density at radius 3 is 2.69 bits per heavy atom. The van der Waals surface area contributed by atoms with Crippen LogP contribution in [0.1, 0.15) is 39.5 Å². The number of hydrogen-bond acceptors (Lipinski definition) is 1. The van der Waals surface area contributed by atoms with Crippen LogP contribution in [0.25, 0.3) is 0 Å². The van der Waals surface area contributed by atoms with Crippen LogP contribution in [0.15, 0.2) is 11.1 Å². The van der Waals surface area contributed by atoms with Gasteiger partial charge >= 0.3 is 0 Å². The average molecular weight is 178 g/mol. The van der Waals surface area contributed by atoms with E-state index in [2.05, 4.69) is 13.8 Å². The molecule has 0 aromatic rings. The van der Waals surface area contributed by atoms with Gasteiger partial charge in [0.1, 0.15) is 6.29 Å². The maximum Gasteiger partial charge on any atom is 0.145 e. The molecule has 0 spiro atoms. The maximum atomic E-state index is 10.9. The molecule has 13 heavy (non-hydrogen) atoms. The van der Waals surface area contributed by atoms with Crippen LogP contribution in [0, 0.1) is 17.8 Å². The highest BCUT2D eigenvalue weighted by Gasteiger charge is 2.35. The molecule has 72 valence electrons. The van der Waals surface area contributed by atoms with E-state index in [1.54, 1.807) is 0 Å². The highest BCUT2D eigenvalue weighted by molar-refractivity contribution is 5.75. The van der Waals surface area contributed by atoms with Crippen molar-refractivity contribution in [1.82, 2.24) is 0 Å². The lowest BCUT2D eigenvalue weighted by Gasteiger charge is -2.28. The molecule has 1 heteroatoms. The van der Waals surface area contributed by atoms with Crippen LogP contribution in [0.3, 0.4) is 0 Å². The van der Waals surface area contributed by atoms with Crippen molar-refractivity contribution in [3.63, 3.8) is 0 Å². The Bertz CT molecular complexity index is 252. The zero-order chi connectivity index (χ0) is 9.42. The SMILES string of the molecule is C[C@H]1CC[C@H]2C1=C(C=O)CC[C@@H]2C. The van der Waals surface area contributed by atoms with Crippen molar-refractivity contribution in [1.29, 1.82) is 0 Å². The lowest BCUT2D eigenvalue weighted by atomic mass is 9.76. The van der Waals surface area contributed by atoms with Gasteiger partial charge in [-0.15, -0.1) is 0 Å². The number of hydrogen-bond donors (Lipinski definition) is 0. The fraction of sp³-hybridized carbons (Fsp3) is 0.750. The summed E-state index contributed by atoms with van der Waals surface area (Å²) < 4.78 is 0. The second-order valence-corrected chi connectivity index (χ2v) is 4.70. The van der Waals surface area contributed by atoms with Gasteiger partial charge in [-0.3, -0.25) is 4.79 Å². The first-order chi connectivity index (χ1) is 6.24. The Morgan fingerprint density at radius 2 is 2.00 bits per heavy atom. The van der Waals surface area contributed by atoms with Gasteiger partial charge in [-0.1, -0.05) is 19.4 Å². The molecule has 2 aliphatic rings. The van der Waals surface area contributed by atoms with E-state index in [1.165, 1.54) is 24.8 Å². The summed E-state index contributed by atoms with van der Waals surface area (Å²) in [6.45, 7) is 4.61. The van der Waals surface area contributed by atoms with Crippen molar-refractivity contribution in [3.05, 3.63) is 11.1 Å². The number of carbonyl (C=O) groups excluding carboxylic acids is 1. The minimum Gasteiger partial charge on any atom is -0.298 e. The van der Waals surface area contributed by atoms with E-state index in [9.17, 15) is 4.79 Å². The molecule has 0 saturated heterocycles. The van der Waals surface area contributed by atoms with Crippen molar-refractivity contribution in [2.45, 2.75) is 39.5 Å². The van der Waals surface area contributed by atoms with Crippen LogP contribution in [-0.4, -0.2) is 6.29 Å². The summed E-state index contributed by atoms with van der Waals surface area (Å²) in [6.07, 6.45) is 5.96. The van der Waals surface area contributed by atoms with E-state index in [0.717, 1.165) is 30.1 Å². The molecule has 1 fully saturated rings. The monoisotopic (exact) mass is 178 g/mol. The third kappa shape index (κ3) is 1.34. The number of rotatable bonds is 1. The molecule has 1 saturated carbocycles. The van der Waals surface area contributed by atoms with Crippen molar-refractivity contribution in [3.8, 4) is 0 Å². The number of carbonyl (C=O) groups is 1. The molecular formula is C12H18O. The molecule has 2 aliphatic carbocycles. The first kappa shape index (κ1) is 8.98. The van der Waals surface area contributed by atoms with Gasteiger partial charge in [0.2, 0.25) is 0 Å². The molecule has 0 radical (unpaired) electrons. The summed E-state index contributed by atoms with van der Waals surface area (Å²) >= 11 is 0. The largest absolute Gasteiger partial charge is 0.298 e. The van der Waals surface area contributed by atoms with E-state index >= 15 is 0 Å². The third-order valence-corrected chi connectivity index (χ3v) is 3.91. The Labute approximate surface area is 80.2 Å². The van der Waals surface area contributed by atoms with E-state index in [4.69, 9.17) is 0 Å². The predicted molar refractivity (Wildman–Crippen MR) is 53.4 cm³/mol. The minimum atomic E-state index is 0.674. The zero-order valence-electron chi connectivity index (χ0n) is 8.55. The van der Waals surface area contributed by atoms with Gasteiger partial charge < -0.3 is 0 Å². The predicted octanol–water partition coefficient (Wildman–Crippen LogP) is 2.96. The van der Waals surface area contributed by atoms with E-state index < -0.39 is 0 Å². The summed E-state index contributed by atoms with van der Waals surface area (Å²) in [7, 11) is 0. The Kier molecular flexibility index (Phi) is 2.27. The van der Waals surface area contributed by atoms with Gasteiger partial charge in [-0.2, -0.15) is 0 Å². The molecule has 0 N–H and O–H groups in total.